The lowest BCUT2D eigenvalue weighted by molar-refractivity contribution is -0.139. The van der Waals surface area contributed by atoms with Crippen molar-refractivity contribution in [1.29, 1.82) is 0 Å². The molecule has 0 fully saturated rings. The zero-order chi connectivity index (χ0) is 22.7. The highest BCUT2D eigenvalue weighted by Crippen LogP contribution is 2.32. The zero-order valence-electron chi connectivity index (χ0n) is 18.3. The Hall–Kier alpha value is -3.32. The van der Waals surface area contributed by atoms with Crippen LogP contribution < -0.4 is 10.6 Å². The van der Waals surface area contributed by atoms with Crippen molar-refractivity contribution >= 4 is 34.7 Å². The van der Waals surface area contributed by atoms with Crippen LogP contribution >= 0.6 is 11.8 Å². The molecule has 0 spiro atoms. The van der Waals surface area contributed by atoms with Crippen LogP contribution in [0, 0.1) is 13.8 Å². The maximum absolute atomic E-state index is 13.0. The molecule has 2 aromatic carbocycles. The number of amides is 2. The van der Waals surface area contributed by atoms with Gasteiger partial charge >= 0.3 is 12.0 Å². The number of hydrogen-bond donors (Lipinski definition) is 2. The van der Waals surface area contributed by atoms with Crippen molar-refractivity contribution in [3.05, 3.63) is 82.6 Å². The maximum Gasteiger partial charge on any atom is 0.338 e. The summed E-state index contributed by atoms with van der Waals surface area (Å²) in [5.41, 5.74) is 4.80. The molecule has 3 aromatic rings. The van der Waals surface area contributed by atoms with Crippen molar-refractivity contribution < 1.29 is 14.3 Å². The van der Waals surface area contributed by atoms with E-state index in [1.165, 1.54) is 11.8 Å². The quantitative estimate of drug-likeness (QED) is 0.419. The largest absolute Gasteiger partial charge is 0.463 e. The van der Waals surface area contributed by atoms with Crippen molar-refractivity contribution in [3.63, 3.8) is 0 Å². The molecule has 164 valence electrons. The molecule has 7 heteroatoms. The molecule has 0 radical (unpaired) electrons. The summed E-state index contributed by atoms with van der Waals surface area (Å²) in [6.45, 7) is 5.98. The van der Waals surface area contributed by atoms with Crippen LogP contribution in [0.4, 0.5) is 4.79 Å². The average molecular weight is 448 g/mol. The van der Waals surface area contributed by atoms with Gasteiger partial charge in [-0.25, -0.2) is 14.6 Å². The fourth-order valence-corrected chi connectivity index (χ4v) is 4.61. The number of para-hydroxylation sites is 1. The lowest BCUT2D eigenvalue weighted by Gasteiger charge is -2.30. The lowest BCUT2D eigenvalue weighted by atomic mass is 9.91. The number of ether oxygens (including phenoxy) is 1. The van der Waals surface area contributed by atoms with E-state index in [9.17, 15) is 9.59 Å². The number of thioether (sulfide) groups is 1. The third-order valence-corrected chi connectivity index (χ3v) is 6.29. The monoisotopic (exact) mass is 447 g/mol. The summed E-state index contributed by atoms with van der Waals surface area (Å²) in [5, 5.41) is 7.61. The molecule has 32 heavy (non-hydrogen) atoms. The molecule has 2 amide bonds. The number of pyridine rings is 1. The van der Waals surface area contributed by atoms with E-state index in [-0.39, 0.29) is 12.6 Å². The highest BCUT2D eigenvalue weighted by Gasteiger charge is 2.34. The first-order valence-electron chi connectivity index (χ1n) is 10.5. The van der Waals surface area contributed by atoms with Gasteiger partial charge in [-0.05, 0) is 44.0 Å². The second kappa shape index (κ2) is 9.44. The van der Waals surface area contributed by atoms with E-state index in [1.807, 2.05) is 68.4 Å². The van der Waals surface area contributed by atoms with Crippen molar-refractivity contribution in [2.24, 2.45) is 0 Å². The van der Waals surface area contributed by atoms with Crippen molar-refractivity contribution in [2.45, 2.75) is 31.8 Å². The molecular formula is C25H25N3O3S. The fourth-order valence-electron chi connectivity index (χ4n) is 3.76. The number of urea groups is 1. The topological polar surface area (TPSA) is 80.3 Å². The molecule has 2 N–H and O–H groups in total. The normalized spacial score (nSPS) is 16.0. The van der Waals surface area contributed by atoms with Crippen molar-refractivity contribution in [3.8, 4) is 0 Å². The number of nitrogens with zero attached hydrogens (tertiary/aromatic N) is 1. The SMILES string of the molecule is CCOC(=O)C1=C(CSc2ccc3ccccc3n2)NC(=O)N[C@@H]1c1cc(C)ccc1C. The second-order valence-electron chi connectivity index (χ2n) is 7.64. The molecule has 1 aromatic heterocycles. The summed E-state index contributed by atoms with van der Waals surface area (Å²) >= 11 is 1.47. The first-order valence-corrected chi connectivity index (χ1v) is 11.5. The lowest BCUT2D eigenvalue weighted by Crippen LogP contribution is -2.46. The minimum atomic E-state index is -0.581. The minimum Gasteiger partial charge on any atom is -0.463 e. The van der Waals surface area contributed by atoms with Gasteiger partial charge in [0.15, 0.2) is 0 Å². The molecule has 0 saturated carbocycles. The van der Waals surface area contributed by atoms with Gasteiger partial charge in [0, 0.05) is 16.8 Å². The van der Waals surface area contributed by atoms with E-state index in [1.54, 1.807) is 6.92 Å². The number of aryl methyl sites for hydroxylation is 2. The predicted molar refractivity (Wildman–Crippen MR) is 126 cm³/mol. The first-order chi connectivity index (χ1) is 15.5. The molecule has 0 unspecified atom stereocenters. The number of fused-ring (bicyclic) bond motifs is 1. The molecule has 0 saturated heterocycles. The van der Waals surface area contributed by atoms with Crippen LogP contribution in [0.5, 0.6) is 0 Å². The van der Waals surface area contributed by atoms with Crippen LogP contribution in [0.3, 0.4) is 0 Å². The highest BCUT2D eigenvalue weighted by molar-refractivity contribution is 7.99. The Morgan fingerprint density at radius 3 is 2.75 bits per heavy atom. The maximum atomic E-state index is 13.0. The van der Waals surface area contributed by atoms with E-state index in [4.69, 9.17) is 4.74 Å². The summed E-state index contributed by atoms with van der Waals surface area (Å²) < 4.78 is 5.37. The Balaban J connectivity index is 1.71. The molecule has 1 aliphatic heterocycles. The molecule has 2 heterocycles. The number of esters is 1. The third kappa shape index (κ3) is 4.62. The summed E-state index contributed by atoms with van der Waals surface area (Å²) in [6, 6.07) is 17.0. The van der Waals surface area contributed by atoms with Crippen molar-refractivity contribution in [2.75, 3.05) is 12.4 Å². The van der Waals surface area contributed by atoms with E-state index in [0.29, 0.717) is 17.0 Å². The van der Waals surface area contributed by atoms with Gasteiger partial charge < -0.3 is 15.4 Å². The molecule has 6 nitrogen and oxygen atoms in total. The number of rotatable bonds is 6. The van der Waals surface area contributed by atoms with Gasteiger partial charge in [0.25, 0.3) is 0 Å². The smallest absolute Gasteiger partial charge is 0.338 e. The summed E-state index contributed by atoms with van der Waals surface area (Å²) in [6.07, 6.45) is 0. The van der Waals surface area contributed by atoms with Crippen LogP contribution in [0.1, 0.15) is 29.7 Å². The van der Waals surface area contributed by atoms with Gasteiger partial charge in [-0.2, -0.15) is 0 Å². The summed E-state index contributed by atoms with van der Waals surface area (Å²) in [7, 11) is 0. The first kappa shape index (κ1) is 21.9. The molecule has 1 atom stereocenters. The molecular weight excluding hydrogens is 422 g/mol. The highest BCUT2D eigenvalue weighted by atomic mass is 32.2. The Labute approximate surface area is 191 Å². The van der Waals surface area contributed by atoms with Crippen LogP contribution in [-0.4, -0.2) is 29.3 Å². The van der Waals surface area contributed by atoms with Gasteiger partial charge in [0.05, 0.1) is 28.8 Å². The van der Waals surface area contributed by atoms with Crippen molar-refractivity contribution in [1.82, 2.24) is 15.6 Å². The van der Waals surface area contributed by atoms with Gasteiger partial charge in [-0.15, -0.1) is 11.8 Å². The van der Waals surface area contributed by atoms with Gasteiger partial charge in [0.1, 0.15) is 0 Å². The number of carbonyl (C=O) groups is 2. The van der Waals surface area contributed by atoms with Gasteiger partial charge in [-0.3, -0.25) is 0 Å². The number of carbonyl (C=O) groups excluding carboxylic acids is 2. The molecule has 0 bridgehead atoms. The van der Waals surface area contributed by atoms with E-state index in [2.05, 4.69) is 15.6 Å². The van der Waals surface area contributed by atoms with E-state index in [0.717, 1.165) is 32.6 Å². The van der Waals surface area contributed by atoms with Crippen LogP contribution in [0.25, 0.3) is 10.9 Å². The molecule has 1 aliphatic rings. The number of hydrogen-bond acceptors (Lipinski definition) is 5. The van der Waals surface area contributed by atoms with Crippen LogP contribution in [0.15, 0.2) is 70.9 Å². The number of benzene rings is 2. The Bertz CT molecular complexity index is 1220. The standard InChI is InChI=1S/C25H25N3O3S/c1-4-31-24(29)22-20(14-32-21-12-11-17-7-5-6-8-19(17)26-21)27-25(30)28-23(22)18-13-15(2)9-10-16(18)3/h5-13,23H,4,14H2,1-3H3,(H2,27,28,30)/t23-/m1/s1. The Morgan fingerprint density at radius 1 is 1.12 bits per heavy atom. The minimum absolute atomic E-state index is 0.252. The fraction of sp³-hybridized carbons (Fsp3) is 0.240. The van der Waals surface area contributed by atoms with Crippen LogP contribution in [-0.2, 0) is 9.53 Å². The van der Waals surface area contributed by atoms with Gasteiger partial charge in [0.2, 0.25) is 0 Å². The average Bonchev–Trinajstić information content (AvgIpc) is 2.78. The molecule has 4 rings (SSSR count). The second-order valence-corrected chi connectivity index (χ2v) is 8.63. The summed E-state index contributed by atoms with van der Waals surface area (Å²) in [4.78, 5) is 30.2. The summed E-state index contributed by atoms with van der Waals surface area (Å²) in [5.74, 6) is -0.0539. The number of nitrogens with one attached hydrogen (secondary N) is 2. The van der Waals surface area contributed by atoms with E-state index >= 15 is 0 Å². The van der Waals surface area contributed by atoms with Crippen LogP contribution in [0.2, 0.25) is 0 Å². The predicted octanol–water partition coefficient (Wildman–Crippen LogP) is 4.82. The third-order valence-electron chi connectivity index (χ3n) is 5.33. The zero-order valence-corrected chi connectivity index (χ0v) is 19.1. The molecule has 0 aliphatic carbocycles. The number of aromatic nitrogens is 1. The Kier molecular flexibility index (Phi) is 6.46. The van der Waals surface area contributed by atoms with E-state index < -0.39 is 12.0 Å². The Morgan fingerprint density at radius 2 is 1.94 bits per heavy atom. The van der Waals surface area contributed by atoms with Gasteiger partial charge in [-0.1, -0.05) is 48.0 Å².